The summed E-state index contributed by atoms with van der Waals surface area (Å²) in [4.78, 5) is 16.6. The molecule has 0 fully saturated rings. The number of nitrogens with zero attached hydrogens (tertiary/aromatic N) is 3. The van der Waals surface area contributed by atoms with Gasteiger partial charge in [0.1, 0.15) is 18.2 Å². The van der Waals surface area contributed by atoms with Crippen molar-refractivity contribution < 1.29 is 22.3 Å². The third-order valence-corrected chi connectivity index (χ3v) is 6.43. The van der Waals surface area contributed by atoms with Gasteiger partial charge in [-0.05, 0) is 24.3 Å². The first kappa shape index (κ1) is 20.9. The number of aromatic nitrogens is 2. The van der Waals surface area contributed by atoms with Gasteiger partial charge in [0.15, 0.2) is 0 Å². The molecular formula is C20H22FN3O4S. The summed E-state index contributed by atoms with van der Waals surface area (Å²) >= 11 is 0. The minimum Gasteiger partial charge on any atom is -0.461 e. The van der Waals surface area contributed by atoms with Gasteiger partial charge >= 0.3 is 5.97 Å². The van der Waals surface area contributed by atoms with Crippen molar-refractivity contribution in [2.75, 3.05) is 14.1 Å². The highest BCUT2D eigenvalue weighted by molar-refractivity contribution is 7.89. The summed E-state index contributed by atoms with van der Waals surface area (Å²) in [5.41, 5.74) is 1.61. The number of hydrogen-bond donors (Lipinski definition) is 0. The summed E-state index contributed by atoms with van der Waals surface area (Å²) in [5.74, 6) is -0.252. The molecule has 9 heteroatoms. The zero-order valence-electron chi connectivity index (χ0n) is 16.4. The zero-order valence-corrected chi connectivity index (χ0v) is 17.2. The molecule has 0 amide bonds. The molecule has 0 unspecified atom stereocenters. The Morgan fingerprint density at radius 2 is 1.93 bits per heavy atom. The van der Waals surface area contributed by atoms with Gasteiger partial charge in [-0.15, -0.1) is 0 Å². The fraction of sp³-hybridized carbons (Fsp3) is 0.300. The summed E-state index contributed by atoms with van der Waals surface area (Å²) in [5, 5.41) is 0. The van der Waals surface area contributed by atoms with Crippen LogP contribution in [0.2, 0.25) is 0 Å². The van der Waals surface area contributed by atoms with Crippen LogP contribution in [0.5, 0.6) is 0 Å². The molecule has 0 N–H and O–H groups in total. The predicted octanol–water partition coefficient (Wildman–Crippen LogP) is 2.64. The highest BCUT2D eigenvalue weighted by Crippen LogP contribution is 2.22. The van der Waals surface area contributed by atoms with E-state index in [0.29, 0.717) is 23.3 Å². The van der Waals surface area contributed by atoms with Crippen LogP contribution in [-0.2, 0) is 39.6 Å². The van der Waals surface area contributed by atoms with Gasteiger partial charge in [-0.1, -0.05) is 18.2 Å². The highest BCUT2D eigenvalue weighted by atomic mass is 32.2. The second-order valence-electron chi connectivity index (χ2n) is 6.78. The number of ether oxygens (including phenoxy) is 1. The number of benzene rings is 2. The maximum absolute atomic E-state index is 13.6. The van der Waals surface area contributed by atoms with Crippen LogP contribution in [-0.4, -0.2) is 42.3 Å². The van der Waals surface area contributed by atoms with E-state index >= 15 is 0 Å². The minimum atomic E-state index is -3.56. The fourth-order valence-electron chi connectivity index (χ4n) is 2.88. The Balaban J connectivity index is 1.69. The van der Waals surface area contributed by atoms with Crippen molar-refractivity contribution in [3.8, 4) is 0 Å². The lowest BCUT2D eigenvalue weighted by Gasteiger charge is -2.10. The fourth-order valence-corrected chi connectivity index (χ4v) is 3.81. The summed E-state index contributed by atoms with van der Waals surface area (Å²) in [6.07, 6.45) is 0.394. The van der Waals surface area contributed by atoms with Gasteiger partial charge in [-0.3, -0.25) is 4.79 Å². The van der Waals surface area contributed by atoms with Crippen molar-refractivity contribution in [2.24, 2.45) is 7.05 Å². The quantitative estimate of drug-likeness (QED) is 0.550. The highest BCUT2D eigenvalue weighted by Gasteiger charge is 2.19. The third kappa shape index (κ3) is 4.46. The van der Waals surface area contributed by atoms with Crippen molar-refractivity contribution in [2.45, 2.75) is 24.3 Å². The number of rotatable bonds is 7. The summed E-state index contributed by atoms with van der Waals surface area (Å²) in [6, 6.07) is 10.9. The van der Waals surface area contributed by atoms with E-state index in [1.807, 2.05) is 4.57 Å². The third-order valence-electron chi connectivity index (χ3n) is 4.62. The number of halogens is 1. The molecule has 1 heterocycles. The smallest absolute Gasteiger partial charge is 0.306 e. The number of sulfonamides is 1. The SMILES string of the molecule is CN(C)S(=O)(=O)c1ccc2c(c1)nc(CCC(=O)OCc1ccccc1F)n2C. The Morgan fingerprint density at radius 3 is 2.62 bits per heavy atom. The van der Waals surface area contributed by atoms with Crippen molar-refractivity contribution in [1.82, 2.24) is 13.9 Å². The van der Waals surface area contributed by atoms with Gasteiger partial charge in [0.05, 0.1) is 22.3 Å². The molecule has 0 atom stereocenters. The monoisotopic (exact) mass is 419 g/mol. The van der Waals surface area contributed by atoms with E-state index in [2.05, 4.69) is 4.98 Å². The lowest BCUT2D eigenvalue weighted by Crippen LogP contribution is -2.22. The molecular weight excluding hydrogens is 397 g/mol. The predicted molar refractivity (Wildman–Crippen MR) is 106 cm³/mol. The van der Waals surface area contributed by atoms with Crippen molar-refractivity contribution in [3.63, 3.8) is 0 Å². The van der Waals surface area contributed by atoms with Gasteiger partial charge in [0, 0.05) is 33.1 Å². The Bertz CT molecular complexity index is 1160. The maximum atomic E-state index is 13.6. The molecule has 0 aliphatic heterocycles. The van der Waals surface area contributed by atoms with Crippen LogP contribution < -0.4 is 0 Å². The van der Waals surface area contributed by atoms with E-state index in [1.165, 1.54) is 32.3 Å². The van der Waals surface area contributed by atoms with E-state index in [1.54, 1.807) is 31.3 Å². The van der Waals surface area contributed by atoms with Crippen LogP contribution in [0.3, 0.4) is 0 Å². The average Bonchev–Trinajstić information content (AvgIpc) is 3.00. The van der Waals surface area contributed by atoms with E-state index in [0.717, 1.165) is 9.82 Å². The molecule has 154 valence electrons. The number of fused-ring (bicyclic) bond motifs is 1. The minimum absolute atomic E-state index is 0.0778. The van der Waals surface area contributed by atoms with Gasteiger partial charge in [-0.2, -0.15) is 0 Å². The second-order valence-corrected chi connectivity index (χ2v) is 8.93. The normalized spacial score (nSPS) is 11.9. The van der Waals surface area contributed by atoms with Gasteiger partial charge in [0.25, 0.3) is 0 Å². The molecule has 29 heavy (non-hydrogen) atoms. The molecule has 0 saturated heterocycles. The second kappa shape index (κ2) is 8.30. The van der Waals surface area contributed by atoms with E-state index < -0.39 is 21.8 Å². The topological polar surface area (TPSA) is 81.5 Å². The zero-order chi connectivity index (χ0) is 21.2. The first-order chi connectivity index (χ1) is 13.7. The van der Waals surface area contributed by atoms with Crippen molar-refractivity contribution >= 4 is 27.0 Å². The molecule has 7 nitrogen and oxygen atoms in total. The molecule has 0 radical (unpaired) electrons. The maximum Gasteiger partial charge on any atom is 0.306 e. The van der Waals surface area contributed by atoms with E-state index in [4.69, 9.17) is 4.74 Å². The van der Waals surface area contributed by atoms with Crippen LogP contribution in [0, 0.1) is 5.82 Å². The molecule has 0 bridgehead atoms. The molecule has 3 aromatic rings. The summed E-state index contributed by atoms with van der Waals surface area (Å²) in [6.45, 7) is -0.125. The first-order valence-electron chi connectivity index (χ1n) is 8.97. The lowest BCUT2D eigenvalue weighted by molar-refractivity contribution is -0.145. The summed E-state index contributed by atoms with van der Waals surface area (Å²) in [7, 11) is 1.18. The van der Waals surface area contributed by atoms with E-state index in [9.17, 15) is 17.6 Å². The lowest BCUT2D eigenvalue weighted by atomic mass is 10.2. The Hall–Kier alpha value is -2.78. The first-order valence-corrected chi connectivity index (χ1v) is 10.4. The number of aryl methyl sites for hydroxylation is 2. The molecule has 3 rings (SSSR count). The van der Waals surface area contributed by atoms with Crippen molar-refractivity contribution in [1.29, 1.82) is 0 Å². The van der Waals surface area contributed by atoms with Gasteiger partial charge in [0.2, 0.25) is 10.0 Å². The number of imidazole rings is 1. The van der Waals surface area contributed by atoms with Crippen LogP contribution in [0.1, 0.15) is 17.8 Å². The molecule has 0 saturated carbocycles. The molecule has 2 aromatic carbocycles. The number of carbonyl (C=O) groups is 1. The van der Waals surface area contributed by atoms with Gasteiger partial charge < -0.3 is 9.30 Å². The van der Waals surface area contributed by atoms with Crippen LogP contribution in [0.25, 0.3) is 11.0 Å². The summed E-state index contributed by atoms with van der Waals surface area (Å²) < 4.78 is 46.3. The van der Waals surface area contributed by atoms with Crippen LogP contribution in [0.4, 0.5) is 4.39 Å². The number of carbonyl (C=O) groups excluding carboxylic acids is 1. The van der Waals surface area contributed by atoms with Crippen molar-refractivity contribution in [3.05, 3.63) is 59.7 Å². The van der Waals surface area contributed by atoms with E-state index in [-0.39, 0.29) is 17.9 Å². The largest absolute Gasteiger partial charge is 0.461 e. The molecule has 0 aliphatic rings. The van der Waals surface area contributed by atoms with Crippen LogP contribution >= 0.6 is 0 Å². The molecule has 0 aliphatic carbocycles. The number of hydrogen-bond acceptors (Lipinski definition) is 5. The molecule has 0 spiro atoms. The number of esters is 1. The van der Waals surface area contributed by atoms with Crippen LogP contribution in [0.15, 0.2) is 47.4 Å². The average molecular weight is 419 g/mol. The van der Waals surface area contributed by atoms with Gasteiger partial charge in [-0.25, -0.2) is 22.1 Å². The Kier molecular flexibility index (Phi) is 5.99. The Morgan fingerprint density at radius 1 is 1.21 bits per heavy atom. The standard InChI is InChI=1S/C20H22FN3O4S/c1-23(2)29(26,27)15-8-9-18-17(12-15)22-19(24(18)3)10-11-20(25)28-13-14-6-4-5-7-16(14)21/h4-9,12H,10-11,13H2,1-3H3. The Labute approximate surface area is 168 Å². The molecule has 1 aromatic heterocycles.